The fourth-order valence-corrected chi connectivity index (χ4v) is 3.10. The lowest BCUT2D eigenvalue weighted by Gasteiger charge is -2.31. The lowest BCUT2D eigenvalue weighted by Crippen LogP contribution is -2.42. The molecule has 1 saturated carbocycles. The molecule has 0 saturated heterocycles. The zero-order valence-corrected chi connectivity index (χ0v) is 12.0. The zero-order valence-electron chi connectivity index (χ0n) is 12.0. The first kappa shape index (κ1) is 14.5. The van der Waals surface area contributed by atoms with Gasteiger partial charge in [-0.1, -0.05) is 32.1 Å². The zero-order chi connectivity index (χ0) is 12.8. The van der Waals surface area contributed by atoms with Gasteiger partial charge in [-0.25, -0.2) is 0 Å². The quantitative estimate of drug-likeness (QED) is 0.710. The molecule has 0 N–H and O–H groups in total. The minimum atomic E-state index is 0.328. The molecule has 17 heavy (non-hydrogen) atoms. The lowest BCUT2D eigenvalue weighted by atomic mass is 9.86. The van der Waals surface area contributed by atoms with Crippen LogP contribution in [0.4, 0.5) is 0 Å². The van der Waals surface area contributed by atoms with E-state index in [2.05, 4.69) is 27.7 Å². The smallest absolute Gasteiger partial charge is 0.223 e. The van der Waals surface area contributed by atoms with Gasteiger partial charge in [-0.15, -0.1) is 0 Å². The van der Waals surface area contributed by atoms with Gasteiger partial charge in [-0.05, 0) is 40.0 Å². The topological polar surface area (TPSA) is 20.3 Å². The van der Waals surface area contributed by atoms with Gasteiger partial charge < -0.3 is 4.90 Å². The highest BCUT2D eigenvalue weighted by molar-refractivity contribution is 5.76. The molecule has 0 aromatic rings. The third-order valence-electron chi connectivity index (χ3n) is 3.89. The van der Waals surface area contributed by atoms with Crippen molar-refractivity contribution in [2.45, 2.75) is 84.7 Å². The molecule has 1 rings (SSSR count). The molecule has 0 bridgehead atoms. The van der Waals surface area contributed by atoms with Gasteiger partial charge in [-0.2, -0.15) is 0 Å². The van der Waals surface area contributed by atoms with Gasteiger partial charge in [0.05, 0.1) is 0 Å². The minimum Gasteiger partial charge on any atom is -0.338 e. The predicted molar refractivity (Wildman–Crippen MR) is 72.9 cm³/mol. The van der Waals surface area contributed by atoms with Crippen molar-refractivity contribution in [3.8, 4) is 0 Å². The second-order valence-electron chi connectivity index (χ2n) is 6.03. The molecule has 0 aromatic carbocycles. The number of carbonyl (C=O) groups is 1. The first-order valence-corrected chi connectivity index (χ1v) is 7.33. The van der Waals surface area contributed by atoms with Crippen molar-refractivity contribution >= 4 is 5.91 Å². The Kier molecular flexibility index (Phi) is 6.01. The molecular weight excluding hydrogens is 210 g/mol. The van der Waals surface area contributed by atoms with Crippen molar-refractivity contribution in [1.82, 2.24) is 4.90 Å². The molecule has 0 heterocycles. The van der Waals surface area contributed by atoms with Crippen LogP contribution in [0.3, 0.4) is 0 Å². The number of amides is 1. The summed E-state index contributed by atoms with van der Waals surface area (Å²) in [6.45, 7) is 8.44. The van der Waals surface area contributed by atoms with Gasteiger partial charge in [0.25, 0.3) is 0 Å². The summed E-state index contributed by atoms with van der Waals surface area (Å²) in [5.74, 6) is 1.16. The van der Waals surface area contributed by atoms with Crippen molar-refractivity contribution < 1.29 is 4.79 Å². The molecular formula is C15H29NO. The van der Waals surface area contributed by atoms with Crippen LogP contribution in [0.5, 0.6) is 0 Å². The molecule has 0 unspecified atom stereocenters. The molecule has 100 valence electrons. The number of nitrogens with zero attached hydrogens (tertiary/aromatic N) is 1. The number of carbonyl (C=O) groups excluding carboxylic acids is 1. The first-order valence-electron chi connectivity index (χ1n) is 7.33. The average molecular weight is 239 g/mol. The second kappa shape index (κ2) is 7.03. The monoisotopic (exact) mass is 239 g/mol. The molecule has 1 amide bonds. The fraction of sp³-hybridized carbons (Fsp3) is 0.933. The van der Waals surface area contributed by atoms with Crippen molar-refractivity contribution in [1.29, 1.82) is 0 Å². The maximum Gasteiger partial charge on any atom is 0.223 e. The first-order chi connectivity index (χ1) is 8.02. The van der Waals surface area contributed by atoms with E-state index >= 15 is 0 Å². The molecule has 0 radical (unpaired) electrons. The van der Waals surface area contributed by atoms with Crippen LogP contribution in [0.15, 0.2) is 0 Å². The van der Waals surface area contributed by atoms with E-state index in [0.29, 0.717) is 18.0 Å². The highest BCUT2D eigenvalue weighted by Crippen LogP contribution is 2.27. The molecule has 0 atom stereocenters. The van der Waals surface area contributed by atoms with E-state index in [4.69, 9.17) is 0 Å². The van der Waals surface area contributed by atoms with Crippen LogP contribution < -0.4 is 0 Å². The summed E-state index contributed by atoms with van der Waals surface area (Å²) in [6, 6.07) is 0.655. The molecule has 1 aliphatic rings. The Balaban J connectivity index is 2.36. The summed E-state index contributed by atoms with van der Waals surface area (Å²) in [6.07, 6.45) is 8.69. The van der Waals surface area contributed by atoms with Gasteiger partial charge in [0.1, 0.15) is 0 Å². The molecule has 2 nitrogen and oxygen atoms in total. The Labute approximate surface area is 107 Å². The summed E-state index contributed by atoms with van der Waals surface area (Å²) < 4.78 is 0. The van der Waals surface area contributed by atoms with Crippen molar-refractivity contribution in [2.75, 3.05) is 0 Å². The Morgan fingerprint density at radius 3 is 2.06 bits per heavy atom. The Bertz CT molecular complexity index is 221. The highest BCUT2D eigenvalue weighted by atomic mass is 16.2. The average Bonchev–Trinajstić information content (AvgIpc) is 2.27. The number of hydrogen-bond donors (Lipinski definition) is 0. The summed E-state index contributed by atoms with van der Waals surface area (Å²) in [4.78, 5) is 14.2. The molecule has 0 aromatic heterocycles. The molecule has 2 heteroatoms. The summed E-state index contributed by atoms with van der Waals surface area (Å²) in [7, 11) is 0. The van der Waals surface area contributed by atoms with Crippen LogP contribution in [0.2, 0.25) is 0 Å². The van der Waals surface area contributed by atoms with Crippen LogP contribution in [-0.4, -0.2) is 22.9 Å². The van der Waals surface area contributed by atoms with E-state index in [1.165, 1.54) is 32.1 Å². The van der Waals surface area contributed by atoms with Gasteiger partial charge >= 0.3 is 0 Å². The van der Waals surface area contributed by atoms with Crippen LogP contribution in [0.25, 0.3) is 0 Å². The fourth-order valence-electron chi connectivity index (χ4n) is 3.10. The standard InChI is InChI=1S/C15H29NO/c1-12(2)16(13(3)4)15(17)11-10-14-8-6-5-7-9-14/h12-14H,5-11H2,1-4H3. The Morgan fingerprint density at radius 1 is 1.06 bits per heavy atom. The second-order valence-corrected chi connectivity index (χ2v) is 6.03. The minimum absolute atomic E-state index is 0.328. The van der Waals surface area contributed by atoms with E-state index in [-0.39, 0.29) is 0 Å². The summed E-state index contributed by atoms with van der Waals surface area (Å²) >= 11 is 0. The van der Waals surface area contributed by atoms with Gasteiger partial charge in [-0.3, -0.25) is 4.79 Å². The maximum atomic E-state index is 12.2. The molecule has 1 aliphatic carbocycles. The van der Waals surface area contributed by atoms with Crippen LogP contribution in [0.1, 0.15) is 72.6 Å². The van der Waals surface area contributed by atoms with Crippen LogP contribution in [0, 0.1) is 5.92 Å². The van der Waals surface area contributed by atoms with Gasteiger partial charge in [0.2, 0.25) is 5.91 Å². The van der Waals surface area contributed by atoms with Crippen LogP contribution in [-0.2, 0) is 4.79 Å². The van der Waals surface area contributed by atoms with Gasteiger partial charge in [0.15, 0.2) is 0 Å². The van der Waals surface area contributed by atoms with Crippen molar-refractivity contribution in [2.24, 2.45) is 5.92 Å². The molecule has 0 aliphatic heterocycles. The maximum absolute atomic E-state index is 12.2. The Morgan fingerprint density at radius 2 is 1.59 bits per heavy atom. The van der Waals surface area contributed by atoms with E-state index in [1.54, 1.807) is 0 Å². The van der Waals surface area contributed by atoms with E-state index in [1.807, 2.05) is 4.90 Å². The van der Waals surface area contributed by atoms with Crippen molar-refractivity contribution in [3.05, 3.63) is 0 Å². The molecule has 1 fully saturated rings. The number of hydrogen-bond acceptors (Lipinski definition) is 1. The third kappa shape index (κ3) is 4.69. The van der Waals surface area contributed by atoms with Crippen LogP contribution >= 0.6 is 0 Å². The SMILES string of the molecule is CC(C)N(C(=O)CCC1CCCCC1)C(C)C. The van der Waals surface area contributed by atoms with Gasteiger partial charge in [0, 0.05) is 18.5 Å². The van der Waals surface area contributed by atoms with E-state index in [0.717, 1.165) is 18.8 Å². The van der Waals surface area contributed by atoms with E-state index < -0.39 is 0 Å². The normalized spacial score (nSPS) is 17.8. The largest absolute Gasteiger partial charge is 0.338 e. The Hall–Kier alpha value is -0.530. The summed E-state index contributed by atoms with van der Waals surface area (Å²) in [5, 5.41) is 0. The highest BCUT2D eigenvalue weighted by Gasteiger charge is 2.21. The number of rotatable bonds is 5. The third-order valence-corrected chi connectivity index (χ3v) is 3.89. The lowest BCUT2D eigenvalue weighted by molar-refractivity contribution is -0.135. The summed E-state index contributed by atoms with van der Waals surface area (Å²) in [5.41, 5.74) is 0. The van der Waals surface area contributed by atoms with Crippen molar-refractivity contribution in [3.63, 3.8) is 0 Å². The molecule has 0 spiro atoms. The van der Waals surface area contributed by atoms with E-state index in [9.17, 15) is 4.79 Å². The predicted octanol–water partition coefficient (Wildman–Crippen LogP) is 3.99.